The third-order valence-corrected chi connectivity index (χ3v) is 4.73. The first-order valence-electron chi connectivity index (χ1n) is 8.88. The van der Waals surface area contributed by atoms with Crippen molar-refractivity contribution in [2.75, 3.05) is 30.9 Å². The van der Waals surface area contributed by atoms with Crippen molar-refractivity contribution in [2.45, 2.75) is 0 Å². The average Bonchev–Trinajstić information content (AvgIpc) is 3.21. The van der Waals surface area contributed by atoms with E-state index in [1.165, 1.54) is 0 Å². The van der Waals surface area contributed by atoms with Gasteiger partial charge in [-0.3, -0.25) is 5.10 Å². The second-order valence-corrected chi connectivity index (χ2v) is 6.46. The van der Waals surface area contributed by atoms with Gasteiger partial charge in [0.15, 0.2) is 11.6 Å². The molecular weight excluding hydrogens is 356 g/mol. The molecule has 0 saturated heterocycles. The van der Waals surface area contributed by atoms with E-state index in [1.54, 1.807) is 13.3 Å². The van der Waals surface area contributed by atoms with Gasteiger partial charge < -0.3 is 20.1 Å². The van der Waals surface area contributed by atoms with Crippen LogP contribution in [0.15, 0.2) is 48.7 Å². The van der Waals surface area contributed by atoms with Gasteiger partial charge in [0, 0.05) is 11.3 Å². The van der Waals surface area contributed by atoms with Crippen LogP contribution in [0.2, 0.25) is 0 Å². The molecule has 4 aromatic rings. The summed E-state index contributed by atoms with van der Waals surface area (Å²) in [5, 5.41) is 7.18. The highest BCUT2D eigenvalue weighted by Crippen LogP contribution is 2.39. The Bertz CT molecular complexity index is 1160. The lowest BCUT2D eigenvalue weighted by atomic mass is 10.2. The number of aromatic amines is 1. The fourth-order valence-electron chi connectivity index (χ4n) is 3.34. The van der Waals surface area contributed by atoms with Gasteiger partial charge in [-0.2, -0.15) is 5.10 Å². The Morgan fingerprint density at radius 1 is 1.14 bits per heavy atom. The summed E-state index contributed by atoms with van der Waals surface area (Å²) in [6, 6.07) is 13.3. The summed E-state index contributed by atoms with van der Waals surface area (Å²) in [7, 11) is 1.64. The quantitative estimate of drug-likeness (QED) is 0.531. The van der Waals surface area contributed by atoms with E-state index < -0.39 is 0 Å². The highest BCUT2D eigenvalue weighted by molar-refractivity contribution is 5.90. The van der Waals surface area contributed by atoms with Gasteiger partial charge in [0.2, 0.25) is 0 Å². The van der Waals surface area contributed by atoms with E-state index in [4.69, 9.17) is 20.2 Å². The molecule has 8 nitrogen and oxygen atoms in total. The molecule has 2 aromatic heterocycles. The maximum Gasteiger partial charge on any atom is 0.163 e. The summed E-state index contributed by atoms with van der Waals surface area (Å²) in [5.74, 6) is 2.91. The minimum absolute atomic E-state index is 0.550. The summed E-state index contributed by atoms with van der Waals surface area (Å²) < 4.78 is 11.0. The fourth-order valence-corrected chi connectivity index (χ4v) is 3.34. The van der Waals surface area contributed by atoms with E-state index in [2.05, 4.69) is 20.1 Å². The van der Waals surface area contributed by atoms with Crippen molar-refractivity contribution in [3.8, 4) is 22.9 Å². The normalized spacial score (nSPS) is 13.2. The lowest BCUT2D eigenvalue weighted by Gasteiger charge is -2.31. The molecular formula is C20H18N6O2. The second kappa shape index (κ2) is 6.41. The Labute approximate surface area is 160 Å². The second-order valence-electron chi connectivity index (χ2n) is 6.46. The van der Waals surface area contributed by atoms with Gasteiger partial charge in [-0.1, -0.05) is 0 Å². The van der Waals surface area contributed by atoms with Crippen molar-refractivity contribution >= 4 is 28.2 Å². The standard InChI is InChI=1S/C20H18N6O2/c1-27-14-5-2-12(3-6-14)19-23-15-11-22-25-18(15)20(24-19)26-8-9-28-17-7-4-13(21)10-16(17)26/h2-7,10-11H,8-9,21H2,1H3,(H,22,25). The van der Waals surface area contributed by atoms with E-state index in [-0.39, 0.29) is 0 Å². The SMILES string of the molecule is COc1ccc(-c2nc(N3CCOc4ccc(N)cc43)c3[nH]ncc3n2)cc1. The highest BCUT2D eigenvalue weighted by Gasteiger charge is 2.24. The first-order chi connectivity index (χ1) is 13.7. The van der Waals surface area contributed by atoms with E-state index in [0.717, 1.165) is 39.6 Å². The first-order valence-corrected chi connectivity index (χ1v) is 8.88. The van der Waals surface area contributed by atoms with Gasteiger partial charge in [-0.05, 0) is 42.5 Å². The molecule has 0 aliphatic carbocycles. The number of benzene rings is 2. The van der Waals surface area contributed by atoms with Crippen molar-refractivity contribution in [1.82, 2.24) is 20.2 Å². The van der Waals surface area contributed by atoms with E-state index >= 15 is 0 Å². The average molecular weight is 374 g/mol. The molecule has 5 rings (SSSR count). The van der Waals surface area contributed by atoms with Gasteiger partial charge in [0.25, 0.3) is 0 Å². The van der Waals surface area contributed by atoms with Gasteiger partial charge in [-0.25, -0.2) is 9.97 Å². The number of nitrogens with two attached hydrogens (primary N) is 1. The Balaban J connectivity index is 1.68. The van der Waals surface area contributed by atoms with Gasteiger partial charge in [0.1, 0.15) is 29.1 Å². The highest BCUT2D eigenvalue weighted by atomic mass is 16.5. The molecule has 140 valence electrons. The number of hydrogen-bond acceptors (Lipinski definition) is 7. The lowest BCUT2D eigenvalue weighted by Crippen LogP contribution is -2.29. The predicted molar refractivity (Wildman–Crippen MR) is 107 cm³/mol. The minimum Gasteiger partial charge on any atom is -0.497 e. The maximum atomic E-state index is 6.02. The summed E-state index contributed by atoms with van der Waals surface area (Å²) >= 11 is 0. The Hall–Kier alpha value is -3.81. The monoisotopic (exact) mass is 374 g/mol. The largest absolute Gasteiger partial charge is 0.497 e. The summed E-state index contributed by atoms with van der Waals surface area (Å²) in [6.45, 7) is 1.19. The molecule has 28 heavy (non-hydrogen) atoms. The molecule has 0 atom stereocenters. The van der Waals surface area contributed by atoms with Crippen molar-refractivity contribution in [1.29, 1.82) is 0 Å². The number of methoxy groups -OCH3 is 1. The molecule has 0 bridgehead atoms. The van der Waals surface area contributed by atoms with Gasteiger partial charge in [-0.15, -0.1) is 0 Å². The van der Waals surface area contributed by atoms with Crippen LogP contribution in [-0.4, -0.2) is 40.4 Å². The van der Waals surface area contributed by atoms with E-state index in [9.17, 15) is 0 Å². The topological polar surface area (TPSA) is 102 Å². The number of H-pyrrole nitrogens is 1. The van der Waals surface area contributed by atoms with Crippen LogP contribution in [0.1, 0.15) is 0 Å². The molecule has 3 heterocycles. The molecule has 1 aliphatic heterocycles. The number of nitrogens with one attached hydrogen (secondary N) is 1. The van der Waals surface area contributed by atoms with Crippen LogP contribution in [-0.2, 0) is 0 Å². The number of rotatable bonds is 3. The Kier molecular flexibility index (Phi) is 3.75. The Morgan fingerprint density at radius 3 is 2.82 bits per heavy atom. The third kappa shape index (κ3) is 2.66. The van der Waals surface area contributed by atoms with E-state index in [1.807, 2.05) is 42.5 Å². The van der Waals surface area contributed by atoms with Crippen LogP contribution in [0.3, 0.4) is 0 Å². The van der Waals surface area contributed by atoms with Crippen LogP contribution in [0.5, 0.6) is 11.5 Å². The van der Waals surface area contributed by atoms with E-state index in [0.29, 0.717) is 24.7 Å². The number of anilines is 3. The van der Waals surface area contributed by atoms with Crippen LogP contribution in [0.4, 0.5) is 17.2 Å². The number of hydrogen-bond donors (Lipinski definition) is 2. The van der Waals surface area contributed by atoms with Crippen molar-refractivity contribution in [3.05, 3.63) is 48.7 Å². The molecule has 0 unspecified atom stereocenters. The summed E-state index contributed by atoms with van der Waals surface area (Å²) in [4.78, 5) is 11.6. The van der Waals surface area contributed by atoms with Crippen molar-refractivity contribution in [3.63, 3.8) is 0 Å². The molecule has 2 aromatic carbocycles. The Morgan fingerprint density at radius 2 is 2.00 bits per heavy atom. The zero-order valence-electron chi connectivity index (χ0n) is 15.2. The first kappa shape index (κ1) is 16.4. The third-order valence-electron chi connectivity index (χ3n) is 4.73. The van der Waals surface area contributed by atoms with Crippen LogP contribution in [0, 0.1) is 0 Å². The molecule has 8 heteroatoms. The number of aromatic nitrogens is 4. The van der Waals surface area contributed by atoms with Gasteiger partial charge in [0.05, 0.1) is 25.5 Å². The molecule has 1 aliphatic rings. The molecule has 0 radical (unpaired) electrons. The molecule has 3 N–H and O–H groups in total. The lowest BCUT2D eigenvalue weighted by molar-refractivity contribution is 0.314. The zero-order valence-corrected chi connectivity index (χ0v) is 15.2. The summed E-state index contributed by atoms with van der Waals surface area (Å²) in [5.41, 5.74) is 9.97. The number of nitrogen functional groups attached to an aromatic ring is 1. The van der Waals surface area contributed by atoms with Crippen LogP contribution in [0.25, 0.3) is 22.4 Å². The number of fused-ring (bicyclic) bond motifs is 2. The van der Waals surface area contributed by atoms with Crippen molar-refractivity contribution < 1.29 is 9.47 Å². The zero-order chi connectivity index (χ0) is 19.1. The number of ether oxygens (including phenoxy) is 2. The maximum absolute atomic E-state index is 6.02. The fraction of sp³-hybridized carbons (Fsp3) is 0.150. The van der Waals surface area contributed by atoms with Crippen LogP contribution < -0.4 is 20.1 Å². The smallest absolute Gasteiger partial charge is 0.163 e. The predicted octanol–water partition coefficient (Wildman–Crippen LogP) is 3.14. The molecule has 0 saturated carbocycles. The summed E-state index contributed by atoms with van der Waals surface area (Å²) in [6.07, 6.45) is 1.70. The van der Waals surface area contributed by atoms with Crippen LogP contribution >= 0.6 is 0 Å². The molecule has 0 spiro atoms. The minimum atomic E-state index is 0.550. The van der Waals surface area contributed by atoms with Crippen molar-refractivity contribution in [2.24, 2.45) is 0 Å². The molecule has 0 fully saturated rings. The number of nitrogens with zero attached hydrogens (tertiary/aromatic N) is 4. The molecule has 0 amide bonds. The van der Waals surface area contributed by atoms with Gasteiger partial charge >= 0.3 is 0 Å².